The summed E-state index contributed by atoms with van der Waals surface area (Å²) < 4.78 is 41.6. The van der Waals surface area contributed by atoms with Crippen molar-refractivity contribution in [3.05, 3.63) is 41.4 Å². The average Bonchev–Trinajstić information content (AvgIpc) is 3.16. The molecule has 0 saturated carbocycles. The number of halogens is 3. The number of fused-ring (bicyclic) bond motifs is 1. The van der Waals surface area contributed by atoms with E-state index in [1.54, 1.807) is 13.0 Å². The fraction of sp³-hybridized carbons (Fsp3) is 0.571. The van der Waals surface area contributed by atoms with Crippen LogP contribution in [0.4, 0.5) is 13.2 Å². The van der Waals surface area contributed by atoms with Crippen LogP contribution in [-0.2, 0) is 17.4 Å². The Kier molecular flexibility index (Phi) is 5.36. The summed E-state index contributed by atoms with van der Waals surface area (Å²) in [7, 11) is 0. The number of allylic oxidation sites excluding steroid dienone is 2. The fourth-order valence-electron chi connectivity index (χ4n) is 4.35. The van der Waals surface area contributed by atoms with Crippen molar-refractivity contribution < 1.29 is 18.0 Å². The highest BCUT2D eigenvalue weighted by Crippen LogP contribution is 2.35. The van der Waals surface area contributed by atoms with E-state index in [4.69, 9.17) is 0 Å². The van der Waals surface area contributed by atoms with Crippen LogP contribution in [0.5, 0.6) is 0 Å². The maximum atomic E-state index is 13.6. The summed E-state index contributed by atoms with van der Waals surface area (Å²) >= 11 is 0. The van der Waals surface area contributed by atoms with Gasteiger partial charge in [-0.2, -0.15) is 18.3 Å². The molecule has 1 fully saturated rings. The highest BCUT2D eigenvalue weighted by atomic mass is 19.4. The molecule has 2 aliphatic rings. The van der Waals surface area contributed by atoms with Crippen molar-refractivity contribution in [3.63, 3.8) is 0 Å². The molecule has 1 amide bonds. The lowest BCUT2D eigenvalue weighted by atomic mass is 9.90. The summed E-state index contributed by atoms with van der Waals surface area (Å²) in [6, 6.07) is 2.38. The summed E-state index contributed by atoms with van der Waals surface area (Å²) in [5.74, 6) is 0.0440. The summed E-state index contributed by atoms with van der Waals surface area (Å²) in [5.41, 5.74) is 0.236. The molecule has 0 radical (unpaired) electrons. The molecule has 0 N–H and O–H groups in total. The molecule has 1 saturated heterocycles. The Morgan fingerprint density at radius 2 is 2.03 bits per heavy atom. The fourth-order valence-corrected chi connectivity index (χ4v) is 4.35. The number of piperidine rings is 1. The first-order valence-corrected chi connectivity index (χ1v) is 10.3. The Balaban J connectivity index is 1.72. The van der Waals surface area contributed by atoms with E-state index in [0.29, 0.717) is 30.8 Å². The van der Waals surface area contributed by atoms with Gasteiger partial charge in [-0.3, -0.25) is 4.79 Å². The molecule has 0 aromatic carbocycles. The van der Waals surface area contributed by atoms with E-state index < -0.39 is 11.9 Å². The van der Waals surface area contributed by atoms with Crippen LogP contribution in [0.25, 0.3) is 5.65 Å². The molecule has 2 aromatic rings. The third-order valence-corrected chi connectivity index (χ3v) is 5.90. The Morgan fingerprint density at radius 3 is 2.72 bits per heavy atom. The van der Waals surface area contributed by atoms with Crippen LogP contribution in [0, 0.1) is 5.92 Å². The lowest BCUT2D eigenvalue weighted by Gasteiger charge is -2.37. The number of alkyl halides is 3. The van der Waals surface area contributed by atoms with Gasteiger partial charge < -0.3 is 4.90 Å². The smallest absolute Gasteiger partial charge is 0.334 e. The lowest BCUT2D eigenvalue weighted by Crippen LogP contribution is -2.42. The van der Waals surface area contributed by atoms with Crippen molar-refractivity contribution in [3.8, 4) is 0 Å². The minimum atomic E-state index is -4.52. The molecule has 5 nitrogen and oxygen atoms in total. The van der Waals surface area contributed by atoms with E-state index in [0.717, 1.165) is 42.7 Å². The van der Waals surface area contributed by atoms with Gasteiger partial charge in [0.1, 0.15) is 5.69 Å². The minimum absolute atomic E-state index is 0.0480. The summed E-state index contributed by atoms with van der Waals surface area (Å²) in [5, 5.41) is 4.28. The quantitative estimate of drug-likeness (QED) is 0.693. The number of likely N-dealkylation sites (tertiary alicyclic amines) is 1. The second kappa shape index (κ2) is 7.80. The number of aromatic nitrogens is 3. The molecule has 29 heavy (non-hydrogen) atoms. The molecular formula is C21H25F3N4O. The first-order valence-electron chi connectivity index (χ1n) is 10.3. The third-order valence-electron chi connectivity index (χ3n) is 5.90. The zero-order valence-corrected chi connectivity index (χ0v) is 16.5. The van der Waals surface area contributed by atoms with Gasteiger partial charge in [0.15, 0.2) is 5.65 Å². The van der Waals surface area contributed by atoms with Gasteiger partial charge in [0.25, 0.3) is 0 Å². The molecule has 0 bridgehead atoms. The monoisotopic (exact) mass is 406 g/mol. The average molecular weight is 406 g/mol. The molecule has 1 aliphatic carbocycles. The number of amides is 1. The number of carbonyl (C=O) groups excluding carboxylic acids is 1. The minimum Gasteiger partial charge on any atom is -0.334 e. The first kappa shape index (κ1) is 19.9. The van der Waals surface area contributed by atoms with Crippen LogP contribution in [0.1, 0.15) is 68.6 Å². The largest absolute Gasteiger partial charge is 0.433 e. The van der Waals surface area contributed by atoms with Gasteiger partial charge in [0.2, 0.25) is 5.91 Å². The number of aryl methyl sites for hydroxylation is 1. The molecule has 2 atom stereocenters. The zero-order valence-electron chi connectivity index (χ0n) is 16.5. The maximum Gasteiger partial charge on any atom is 0.433 e. The SMILES string of the molecule is CCc1cc(C(F)(F)F)n2nc([C@H]3CCCCN3C(=O)[C@@H]3CC=CCC3)cc2n1. The van der Waals surface area contributed by atoms with Crippen molar-refractivity contribution in [2.75, 3.05) is 6.54 Å². The molecular weight excluding hydrogens is 381 g/mol. The van der Waals surface area contributed by atoms with Crippen LogP contribution in [0.2, 0.25) is 0 Å². The maximum absolute atomic E-state index is 13.6. The van der Waals surface area contributed by atoms with E-state index in [9.17, 15) is 18.0 Å². The van der Waals surface area contributed by atoms with E-state index in [-0.39, 0.29) is 23.5 Å². The molecule has 156 valence electrons. The highest BCUT2D eigenvalue weighted by molar-refractivity contribution is 5.79. The normalized spacial score (nSPS) is 23.0. The molecule has 2 aromatic heterocycles. The molecule has 3 heterocycles. The van der Waals surface area contributed by atoms with Crippen LogP contribution in [0.15, 0.2) is 24.3 Å². The number of hydrogen-bond donors (Lipinski definition) is 0. The molecule has 0 unspecified atom stereocenters. The van der Waals surface area contributed by atoms with Crippen LogP contribution < -0.4 is 0 Å². The highest BCUT2D eigenvalue weighted by Gasteiger charge is 2.37. The van der Waals surface area contributed by atoms with Gasteiger partial charge in [-0.15, -0.1) is 0 Å². The van der Waals surface area contributed by atoms with Gasteiger partial charge in [0.05, 0.1) is 11.7 Å². The topological polar surface area (TPSA) is 50.5 Å². The number of hydrogen-bond acceptors (Lipinski definition) is 3. The van der Waals surface area contributed by atoms with Gasteiger partial charge in [-0.25, -0.2) is 9.50 Å². The zero-order chi connectivity index (χ0) is 20.6. The predicted octanol–water partition coefficient (Wildman–Crippen LogP) is 4.72. The van der Waals surface area contributed by atoms with Gasteiger partial charge in [-0.1, -0.05) is 19.1 Å². The van der Waals surface area contributed by atoms with E-state index in [2.05, 4.69) is 16.2 Å². The lowest BCUT2D eigenvalue weighted by molar-refractivity contribution is -0.143. The summed E-state index contributed by atoms with van der Waals surface area (Å²) in [6.07, 6.45) is 5.00. The van der Waals surface area contributed by atoms with Crippen molar-refractivity contribution in [1.29, 1.82) is 0 Å². The molecule has 8 heteroatoms. The predicted molar refractivity (Wildman–Crippen MR) is 102 cm³/mol. The van der Waals surface area contributed by atoms with E-state index >= 15 is 0 Å². The van der Waals surface area contributed by atoms with Crippen molar-refractivity contribution >= 4 is 11.6 Å². The standard InChI is InChI=1S/C21H25F3N4O/c1-2-15-12-18(21(22,23)24)28-19(25-15)13-16(26-28)17-10-6-7-11-27(17)20(29)14-8-4-3-5-9-14/h3-4,12-14,17H,2,5-11H2,1H3/t14-,17-/m1/s1. The van der Waals surface area contributed by atoms with Crippen molar-refractivity contribution in [2.45, 2.75) is 64.1 Å². The Bertz CT molecular complexity index is 934. The van der Waals surface area contributed by atoms with Gasteiger partial charge >= 0.3 is 6.18 Å². The number of rotatable bonds is 3. The Morgan fingerprint density at radius 1 is 1.21 bits per heavy atom. The van der Waals surface area contributed by atoms with Crippen LogP contribution in [-0.4, -0.2) is 31.9 Å². The second-order valence-corrected chi connectivity index (χ2v) is 7.85. The number of carbonyl (C=O) groups is 1. The van der Waals surface area contributed by atoms with Crippen LogP contribution >= 0.6 is 0 Å². The van der Waals surface area contributed by atoms with E-state index in [1.807, 2.05) is 11.0 Å². The summed E-state index contributed by atoms with van der Waals surface area (Å²) in [4.78, 5) is 19.3. The molecule has 4 rings (SSSR count). The van der Waals surface area contributed by atoms with Crippen molar-refractivity contribution in [2.24, 2.45) is 5.92 Å². The summed E-state index contributed by atoms with van der Waals surface area (Å²) in [6.45, 7) is 2.40. The number of nitrogens with zero attached hydrogens (tertiary/aromatic N) is 4. The van der Waals surface area contributed by atoms with Crippen LogP contribution in [0.3, 0.4) is 0 Å². The Hall–Kier alpha value is -2.38. The van der Waals surface area contributed by atoms with Gasteiger partial charge in [0, 0.05) is 24.2 Å². The van der Waals surface area contributed by atoms with Crippen molar-refractivity contribution in [1.82, 2.24) is 19.5 Å². The van der Waals surface area contributed by atoms with E-state index in [1.165, 1.54) is 0 Å². The molecule has 1 aliphatic heterocycles. The second-order valence-electron chi connectivity index (χ2n) is 7.85. The molecule has 0 spiro atoms. The first-order chi connectivity index (χ1) is 13.9. The third kappa shape index (κ3) is 3.89. The Labute approximate surface area is 167 Å². The van der Waals surface area contributed by atoms with Gasteiger partial charge in [-0.05, 0) is 51.0 Å².